The number of hydrogen-bond donors (Lipinski definition) is 2. The molecule has 5 heteroatoms. The van der Waals surface area contributed by atoms with E-state index in [1.54, 1.807) is 0 Å². The lowest BCUT2D eigenvalue weighted by atomic mass is 10.1. The van der Waals surface area contributed by atoms with Gasteiger partial charge in [0.05, 0.1) is 5.75 Å². The molecular weight excluding hydrogens is 274 g/mol. The van der Waals surface area contributed by atoms with E-state index in [0.29, 0.717) is 6.42 Å². The Morgan fingerprint density at radius 1 is 0.650 bits per heavy atom. The molecule has 0 aromatic heterocycles. The summed E-state index contributed by atoms with van der Waals surface area (Å²) in [6, 6.07) is 0. The van der Waals surface area contributed by atoms with Crippen LogP contribution in [0.25, 0.3) is 0 Å². The molecule has 0 aliphatic carbocycles. The van der Waals surface area contributed by atoms with E-state index in [-0.39, 0.29) is 11.9 Å². The Labute approximate surface area is 126 Å². The fourth-order valence-electron chi connectivity index (χ4n) is 2.30. The van der Waals surface area contributed by atoms with Crippen LogP contribution in [0.15, 0.2) is 0 Å². The quantitative estimate of drug-likeness (QED) is 0.344. The Morgan fingerprint density at radius 3 is 1.25 bits per heavy atom. The highest BCUT2D eigenvalue weighted by atomic mass is 32.2. The predicted octanol–water partition coefficient (Wildman–Crippen LogP) is 5.13. The molecule has 124 valence electrons. The first-order chi connectivity index (χ1) is 9.06. The third kappa shape index (κ3) is 20.2. The van der Waals surface area contributed by atoms with Crippen molar-refractivity contribution in [3.63, 3.8) is 0 Å². The summed E-state index contributed by atoms with van der Waals surface area (Å²) in [7, 11) is -3.74. The number of unbranched alkanes of at least 4 members (excludes halogenated alkanes) is 12. The maximum Gasteiger partial charge on any atom is 0.264 e. The fraction of sp³-hybridized carbons (Fsp3) is 1.00. The van der Waals surface area contributed by atoms with Crippen molar-refractivity contribution in [3.05, 3.63) is 0 Å². The first kappa shape index (κ1) is 22.2. The molecule has 0 heterocycles. The van der Waals surface area contributed by atoms with Crippen molar-refractivity contribution in [2.45, 2.75) is 90.4 Å². The Morgan fingerprint density at radius 2 is 0.950 bits per heavy atom. The maximum absolute atomic E-state index is 10.5. The van der Waals surface area contributed by atoms with Gasteiger partial charge in [0.15, 0.2) is 0 Å². The van der Waals surface area contributed by atoms with Crippen molar-refractivity contribution in [2.75, 3.05) is 5.75 Å². The highest BCUT2D eigenvalue weighted by Gasteiger charge is 2.02. The molecular formula is C15H35NO3S. The van der Waals surface area contributed by atoms with Crippen molar-refractivity contribution in [1.82, 2.24) is 6.15 Å². The van der Waals surface area contributed by atoms with Gasteiger partial charge in [-0.05, 0) is 6.42 Å². The van der Waals surface area contributed by atoms with Crippen molar-refractivity contribution >= 4 is 10.1 Å². The molecule has 0 aliphatic rings. The van der Waals surface area contributed by atoms with Gasteiger partial charge in [-0.3, -0.25) is 4.55 Å². The van der Waals surface area contributed by atoms with Crippen LogP contribution in [0.3, 0.4) is 0 Å². The van der Waals surface area contributed by atoms with Crippen molar-refractivity contribution < 1.29 is 13.0 Å². The molecule has 4 N–H and O–H groups in total. The molecule has 0 atom stereocenters. The predicted molar refractivity (Wildman–Crippen MR) is 87.1 cm³/mol. The molecule has 0 radical (unpaired) electrons. The van der Waals surface area contributed by atoms with Crippen molar-refractivity contribution in [3.8, 4) is 0 Å². The summed E-state index contributed by atoms with van der Waals surface area (Å²) in [4.78, 5) is 0. The minimum atomic E-state index is -3.74. The highest BCUT2D eigenvalue weighted by Crippen LogP contribution is 2.12. The number of hydrogen-bond acceptors (Lipinski definition) is 3. The first-order valence-electron chi connectivity index (χ1n) is 8.01. The summed E-state index contributed by atoms with van der Waals surface area (Å²) in [5.41, 5.74) is 0. The van der Waals surface area contributed by atoms with E-state index in [4.69, 9.17) is 4.55 Å². The lowest BCUT2D eigenvalue weighted by Crippen LogP contribution is -2.03. The second-order valence-corrected chi connectivity index (χ2v) is 7.10. The molecule has 0 fully saturated rings. The van der Waals surface area contributed by atoms with Crippen molar-refractivity contribution in [1.29, 1.82) is 0 Å². The van der Waals surface area contributed by atoms with Crippen LogP contribution in [0.4, 0.5) is 0 Å². The summed E-state index contributed by atoms with van der Waals surface area (Å²) in [6.07, 6.45) is 15.9. The molecule has 0 aromatic rings. The van der Waals surface area contributed by atoms with Gasteiger partial charge in [-0.15, -0.1) is 0 Å². The van der Waals surface area contributed by atoms with E-state index in [1.165, 1.54) is 64.2 Å². The normalized spacial score (nSPS) is 11.3. The van der Waals surface area contributed by atoms with Crippen LogP contribution in [-0.2, 0) is 10.1 Å². The lowest BCUT2D eigenvalue weighted by Gasteiger charge is -2.02. The van der Waals surface area contributed by atoms with Gasteiger partial charge in [0.2, 0.25) is 0 Å². The average molecular weight is 310 g/mol. The van der Waals surface area contributed by atoms with Crippen LogP contribution < -0.4 is 6.15 Å². The Balaban J connectivity index is 0. The van der Waals surface area contributed by atoms with Gasteiger partial charge < -0.3 is 6.15 Å². The van der Waals surface area contributed by atoms with Crippen LogP contribution in [0, 0.1) is 0 Å². The van der Waals surface area contributed by atoms with Crippen LogP contribution in [0.5, 0.6) is 0 Å². The van der Waals surface area contributed by atoms with Crippen LogP contribution in [-0.4, -0.2) is 18.7 Å². The molecule has 0 unspecified atom stereocenters. The van der Waals surface area contributed by atoms with Gasteiger partial charge in [0, 0.05) is 0 Å². The van der Waals surface area contributed by atoms with Crippen LogP contribution in [0.1, 0.15) is 90.4 Å². The molecule has 0 rings (SSSR count). The minimum absolute atomic E-state index is 0. The van der Waals surface area contributed by atoms with E-state index in [9.17, 15) is 8.42 Å². The van der Waals surface area contributed by atoms with Gasteiger partial charge in [-0.25, -0.2) is 0 Å². The molecule has 0 bridgehead atoms. The first-order valence-corrected chi connectivity index (χ1v) is 9.62. The van der Waals surface area contributed by atoms with E-state index < -0.39 is 10.1 Å². The summed E-state index contributed by atoms with van der Waals surface area (Å²) in [5, 5.41) is 0. The fourth-order valence-corrected chi connectivity index (χ4v) is 2.87. The summed E-state index contributed by atoms with van der Waals surface area (Å²) < 4.78 is 29.5. The molecule has 0 aromatic carbocycles. The second-order valence-electron chi connectivity index (χ2n) is 5.53. The standard InChI is InChI=1S/C15H32O3S.H3N/c1-2-3-4-5-6-7-8-9-10-11-12-13-14-15-19(16,17)18;/h2-15H2,1H3,(H,16,17,18);1H3. The van der Waals surface area contributed by atoms with E-state index in [2.05, 4.69) is 6.92 Å². The van der Waals surface area contributed by atoms with Gasteiger partial charge in [-0.2, -0.15) is 8.42 Å². The second kappa shape index (κ2) is 15.3. The molecule has 0 aliphatic heterocycles. The zero-order valence-electron chi connectivity index (χ0n) is 13.3. The van der Waals surface area contributed by atoms with Gasteiger partial charge in [0.25, 0.3) is 10.1 Å². The third-order valence-corrected chi connectivity index (χ3v) is 4.31. The maximum atomic E-state index is 10.5. The zero-order valence-corrected chi connectivity index (χ0v) is 14.1. The Kier molecular flexibility index (Phi) is 16.9. The molecule has 4 nitrogen and oxygen atoms in total. The monoisotopic (exact) mass is 309 g/mol. The Hall–Kier alpha value is -0.130. The smallest absolute Gasteiger partial charge is 0.264 e. The van der Waals surface area contributed by atoms with E-state index in [1.807, 2.05) is 0 Å². The summed E-state index contributed by atoms with van der Waals surface area (Å²) >= 11 is 0. The highest BCUT2D eigenvalue weighted by molar-refractivity contribution is 7.85. The van der Waals surface area contributed by atoms with Crippen LogP contribution in [0.2, 0.25) is 0 Å². The van der Waals surface area contributed by atoms with E-state index >= 15 is 0 Å². The van der Waals surface area contributed by atoms with Gasteiger partial charge in [-0.1, -0.05) is 84.0 Å². The molecule has 0 saturated heterocycles. The van der Waals surface area contributed by atoms with Crippen LogP contribution >= 0.6 is 0 Å². The zero-order chi connectivity index (χ0) is 14.4. The number of rotatable bonds is 14. The lowest BCUT2D eigenvalue weighted by molar-refractivity contribution is 0.478. The summed E-state index contributed by atoms with van der Waals surface area (Å²) in [6.45, 7) is 2.25. The summed E-state index contributed by atoms with van der Waals surface area (Å²) in [5.74, 6) is -0.0786. The Bertz CT molecular complexity index is 279. The topological polar surface area (TPSA) is 89.4 Å². The molecule has 0 amide bonds. The minimum Gasteiger partial charge on any atom is -0.344 e. The van der Waals surface area contributed by atoms with E-state index in [0.717, 1.165) is 12.8 Å². The van der Waals surface area contributed by atoms with Gasteiger partial charge >= 0.3 is 0 Å². The molecule has 20 heavy (non-hydrogen) atoms. The van der Waals surface area contributed by atoms with Crippen molar-refractivity contribution in [2.24, 2.45) is 0 Å². The third-order valence-electron chi connectivity index (χ3n) is 3.51. The molecule has 0 spiro atoms. The average Bonchev–Trinajstić information content (AvgIpc) is 2.34. The largest absolute Gasteiger partial charge is 0.344 e. The molecule has 0 saturated carbocycles. The SMILES string of the molecule is CCCCCCCCCCCCCCCS(=O)(=O)O.N. The van der Waals surface area contributed by atoms with Gasteiger partial charge in [0.1, 0.15) is 0 Å².